The van der Waals surface area contributed by atoms with Crippen molar-refractivity contribution in [3.05, 3.63) is 40.7 Å². The predicted molar refractivity (Wildman–Crippen MR) is 95.0 cm³/mol. The molecule has 2 aromatic rings. The molecule has 0 spiro atoms. The zero-order valence-corrected chi connectivity index (χ0v) is 14.7. The molecular formula is C20H24N4O. The van der Waals surface area contributed by atoms with Crippen LogP contribution in [-0.2, 0) is 17.7 Å². The fourth-order valence-corrected chi connectivity index (χ4v) is 3.16. The number of aryl methyl sites for hydroxylation is 1. The van der Waals surface area contributed by atoms with Gasteiger partial charge in [0.15, 0.2) is 5.82 Å². The van der Waals surface area contributed by atoms with Gasteiger partial charge in [-0.3, -0.25) is 0 Å². The Kier molecular flexibility index (Phi) is 4.80. The SMILES string of the molecule is Cc1ccc(C#CC2CC2)cc1Cc1nnnn1CC1CCCCO1. The topological polar surface area (TPSA) is 52.8 Å². The Morgan fingerprint density at radius 2 is 2.16 bits per heavy atom. The van der Waals surface area contributed by atoms with Crippen LogP contribution < -0.4 is 0 Å². The highest BCUT2D eigenvalue weighted by Crippen LogP contribution is 2.27. The molecule has 0 radical (unpaired) electrons. The van der Waals surface area contributed by atoms with Gasteiger partial charge in [0.2, 0.25) is 0 Å². The summed E-state index contributed by atoms with van der Waals surface area (Å²) < 4.78 is 7.73. The molecule has 2 aliphatic rings. The maximum absolute atomic E-state index is 5.82. The van der Waals surface area contributed by atoms with Crippen molar-refractivity contribution in [2.24, 2.45) is 5.92 Å². The molecule has 0 amide bonds. The van der Waals surface area contributed by atoms with E-state index in [-0.39, 0.29) is 6.10 Å². The average Bonchev–Trinajstić information content (AvgIpc) is 3.37. The Morgan fingerprint density at radius 1 is 1.24 bits per heavy atom. The molecule has 0 bridgehead atoms. The Labute approximate surface area is 148 Å². The summed E-state index contributed by atoms with van der Waals surface area (Å²) in [6.45, 7) is 3.72. The van der Waals surface area contributed by atoms with Crippen molar-refractivity contribution < 1.29 is 4.74 Å². The molecule has 1 aromatic carbocycles. The molecule has 1 aliphatic carbocycles. The van der Waals surface area contributed by atoms with Crippen LogP contribution in [0.2, 0.25) is 0 Å². The van der Waals surface area contributed by atoms with Gasteiger partial charge in [0.25, 0.3) is 0 Å². The van der Waals surface area contributed by atoms with E-state index in [0.717, 1.165) is 43.8 Å². The second kappa shape index (κ2) is 7.37. The molecule has 25 heavy (non-hydrogen) atoms. The van der Waals surface area contributed by atoms with Crippen LogP contribution >= 0.6 is 0 Å². The van der Waals surface area contributed by atoms with E-state index in [1.165, 1.54) is 30.4 Å². The molecule has 130 valence electrons. The Hall–Kier alpha value is -2.19. The van der Waals surface area contributed by atoms with Crippen LogP contribution in [-0.4, -0.2) is 32.9 Å². The van der Waals surface area contributed by atoms with Crippen molar-refractivity contribution in [2.45, 2.75) is 58.1 Å². The van der Waals surface area contributed by atoms with E-state index in [4.69, 9.17) is 4.74 Å². The summed E-state index contributed by atoms with van der Waals surface area (Å²) in [6, 6.07) is 6.43. The minimum absolute atomic E-state index is 0.229. The smallest absolute Gasteiger partial charge is 0.155 e. The first-order chi connectivity index (χ1) is 12.3. The molecule has 1 saturated heterocycles. The van der Waals surface area contributed by atoms with Gasteiger partial charge in [-0.25, -0.2) is 4.68 Å². The van der Waals surface area contributed by atoms with Crippen molar-refractivity contribution in [2.75, 3.05) is 6.61 Å². The normalized spacial score (nSPS) is 20.1. The monoisotopic (exact) mass is 336 g/mol. The fourth-order valence-electron chi connectivity index (χ4n) is 3.16. The maximum Gasteiger partial charge on any atom is 0.155 e. The summed E-state index contributed by atoms with van der Waals surface area (Å²) in [7, 11) is 0. The average molecular weight is 336 g/mol. The summed E-state index contributed by atoms with van der Waals surface area (Å²) in [5.74, 6) is 8.15. The van der Waals surface area contributed by atoms with Gasteiger partial charge in [0, 0.05) is 24.5 Å². The third-order valence-electron chi connectivity index (χ3n) is 4.95. The van der Waals surface area contributed by atoms with Gasteiger partial charge in [-0.05, 0) is 72.7 Å². The van der Waals surface area contributed by atoms with E-state index in [2.05, 4.69) is 52.5 Å². The minimum Gasteiger partial charge on any atom is -0.376 e. The largest absolute Gasteiger partial charge is 0.376 e. The van der Waals surface area contributed by atoms with Crippen LogP contribution in [0.1, 0.15) is 54.6 Å². The molecule has 5 nitrogen and oxygen atoms in total. The molecule has 1 aliphatic heterocycles. The second-order valence-corrected chi connectivity index (χ2v) is 7.13. The Morgan fingerprint density at radius 3 is 2.96 bits per heavy atom. The Balaban J connectivity index is 1.49. The van der Waals surface area contributed by atoms with Crippen LogP contribution in [0.4, 0.5) is 0 Å². The molecule has 0 N–H and O–H groups in total. The van der Waals surface area contributed by atoms with Gasteiger partial charge < -0.3 is 4.74 Å². The molecule has 1 atom stereocenters. The van der Waals surface area contributed by atoms with Crippen LogP contribution in [0.25, 0.3) is 0 Å². The second-order valence-electron chi connectivity index (χ2n) is 7.13. The molecule has 4 rings (SSSR count). The number of aromatic nitrogens is 4. The number of rotatable bonds is 4. The van der Waals surface area contributed by atoms with Gasteiger partial charge in [0.1, 0.15) is 0 Å². The van der Waals surface area contributed by atoms with Crippen molar-refractivity contribution >= 4 is 0 Å². The molecular weight excluding hydrogens is 312 g/mol. The lowest BCUT2D eigenvalue weighted by Gasteiger charge is -2.22. The molecule has 1 aromatic heterocycles. The number of hydrogen-bond acceptors (Lipinski definition) is 4. The number of nitrogens with zero attached hydrogens (tertiary/aromatic N) is 4. The van der Waals surface area contributed by atoms with Crippen LogP contribution in [0, 0.1) is 24.7 Å². The maximum atomic E-state index is 5.82. The first kappa shape index (κ1) is 16.3. The number of tetrazole rings is 1. The Bertz CT molecular complexity index is 792. The molecule has 2 fully saturated rings. The highest BCUT2D eigenvalue weighted by atomic mass is 16.5. The highest BCUT2D eigenvalue weighted by Gasteiger charge is 2.19. The van der Waals surface area contributed by atoms with E-state index in [9.17, 15) is 0 Å². The summed E-state index contributed by atoms with van der Waals surface area (Å²) in [4.78, 5) is 0. The zero-order valence-electron chi connectivity index (χ0n) is 14.7. The number of ether oxygens (including phenoxy) is 1. The molecule has 2 heterocycles. The summed E-state index contributed by atoms with van der Waals surface area (Å²) in [5.41, 5.74) is 3.57. The number of benzene rings is 1. The van der Waals surface area contributed by atoms with E-state index < -0.39 is 0 Å². The lowest BCUT2D eigenvalue weighted by Crippen LogP contribution is -2.26. The van der Waals surface area contributed by atoms with E-state index >= 15 is 0 Å². The standard InChI is InChI=1S/C20H24N4O/c1-15-5-6-17(10-9-16-7-8-16)12-18(15)13-20-21-22-23-24(20)14-19-4-2-3-11-25-19/h5-6,12,16,19H,2-4,7-8,11,13-14H2,1H3. The van der Waals surface area contributed by atoms with Crippen LogP contribution in [0.5, 0.6) is 0 Å². The van der Waals surface area contributed by atoms with Crippen LogP contribution in [0.15, 0.2) is 18.2 Å². The highest BCUT2D eigenvalue weighted by molar-refractivity contribution is 5.42. The summed E-state index contributed by atoms with van der Waals surface area (Å²) in [6.07, 6.45) is 6.94. The molecule has 5 heteroatoms. The van der Waals surface area contributed by atoms with Gasteiger partial charge in [-0.15, -0.1) is 5.10 Å². The lowest BCUT2D eigenvalue weighted by molar-refractivity contribution is 0.00324. The lowest BCUT2D eigenvalue weighted by atomic mass is 10.0. The fraction of sp³-hybridized carbons (Fsp3) is 0.550. The molecule has 1 unspecified atom stereocenters. The molecule has 1 saturated carbocycles. The van der Waals surface area contributed by atoms with Gasteiger partial charge in [0.05, 0.1) is 12.6 Å². The van der Waals surface area contributed by atoms with Gasteiger partial charge in [-0.1, -0.05) is 17.9 Å². The van der Waals surface area contributed by atoms with Gasteiger partial charge >= 0.3 is 0 Å². The van der Waals surface area contributed by atoms with E-state index in [0.29, 0.717) is 5.92 Å². The van der Waals surface area contributed by atoms with Crippen LogP contribution in [0.3, 0.4) is 0 Å². The van der Waals surface area contributed by atoms with Gasteiger partial charge in [-0.2, -0.15) is 0 Å². The summed E-state index contributed by atoms with van der Waals surface area (Å²) in [5, 5.41) is 12.3. The van der Waals surface area contributed by atoms with Crippen molar-refractivity contribution in [3.8, 4) is 11.8 Å². The zero-order chi connectivity index (χ0) is 17.1. The predicted octanol–water partition coefficient (Wildman–Crippen LogP) is 2.90. The quantitative estimate of drug-likeness (QED) is 0.806. The third kappa shape index (κ3) is 4.26. The number of hydrogen-bond donors (Lipinski definition) is 0. The van der Waals surface area contributed by atoms with Crippen molar-refractivity contribution in [3.63, 3.8) is 0 Å². The minimum atomic E-state index is 0.229. The van der Waals surface area contributed by atoms with Crippen molar-refractivity contribution in [1.82, 2.24) is 20.2 Å². The third-order valence-corrected chi connectivity index (χ3v) is 4.95. The first-order valence-corrected chi connectivity index (χ1v) is 9.25. The first-order valence-electron chi connectivity index (χ1n) is 9.25. The van der Waals surface area contributed by atoms with E-state index in [1.54, 1.807) is 0 Å². The van der Waals surface area contributed by atoms with E-state index in [1.807, 2.05) is 4.68 Å². The van der Waals surface area contributed by atoms with Crippen molar-refractivity contribution in [1.29, 1.82) is 0 Å². The summed E-state index contributed by atoms with van der Waals surface area (Å²) >= 11 is 0.